The highest BCUT2D eigenvalue weighted by Crippen LogP contribution is 2.32. The Morgan fingerprint density at radius 2 is 1.94 bits per heavy atom. The number of nitrogens with one attached hydrogen (secondary N) is 1. The van der Waals surface area contributed by atoms with Crippen LogP contribution in [0.25, 0.3) is 11.3 Å². The fourth-order valence-corrected chi connectivity index (χ4v) is 4.00. The van der Waals surface area contributed by atoms with Crippen LogP contribution < -0.4 is 5.32 Å². The Bertz CT molecular complexity index is 1110. The second-order valence-corrected chi connectivity index (χ2v) is 7.83. The number of amides is 3. The van der Waals surface area contributed by atoms with Crippen molar-refractivity contribution in [3.05, 3.63) is 59.3 Å². The molecule has 0 saturated carbocycles. The number of aromatic nitrogens is 2. The lowest BCUT2D eigenvalue weighted by Gasteiger charge is -2.45. The zero-order chi connectivity index (χ0) is 24.3. The molecular weight excluding hydrogens is 456 g/mol. The van der Waals surface area contributed by atoms with Crippen LogP contribution in [0.2, 0.25) is 5.15 Å². The molecule has 8 nitrogen and oxygen atoms in total. The van der Waals surface area contributed by atoms with Gasteiger partial charge in [-0.3, -0.25) is 14.4 Å². The van der Waals surface area contributed by atoms with Gasteiger partial charge in [0.2, 0.25) is 17.8 Å². The predicted molar refractivity (Wildman–Crippen MR) is 118 cm³/mol. The van der Waals surface area contributed by atoms with E-state index in [1.807, 2.05) is 0 Å². The third kappa shape index (κ3) is 5.16. The Hall–Kier alpha value is -3.40. The first-order valence-electron chi connectivity index (χ1n) is 10.0. The molecule has 0 radical (unpaired) electrons. The van der Waals surface area contributed by atoms with Crippen molar-refractivity contribution in [1.29, 1.82) is 0 Å². The Morgan fingerprint density at radius 1 is 1.21 bits per heavy atom. The number of carbonyl (C=O) groups is 3. The minimum atomic E-state index is -0.883. The van der Waals surface area contributed by atoms with Crippen LogP contribution in [0.3, 0.4) is 0 Å². The zero-order valence-corrected chi connectivity index (χ0v) is 18.8. The predicted octanol–water partition coefficient (Wildman–Crippen LogP) is 2.55. The summed E-state index contributed by atoms with van der Waals surface area (Å²) in [4.78, 5) is 47.2. The standard InChI is InChI=1S/C22H22ClF2N5O3/c1-4-21(32)30-11-18(29(12(2)31)10-15(30)9-24)14-6-16(27-19(23)7-14)13-5-17(22(33)26-3)28-20(25)8-13/h4-8,15,18H,1,9-11H2,2-3H3,(H,26,33)/t15-,18-/m1/s1. The molecule has 1 fully saturated rings. The average molecular weight is 478 g/mol. The summed E-state index contributed by atoms with van der Waals surface area (Å²) in [6, 6.07) is 4.11. The van der Waals surface area contributed by atoms with Gasteiger partial charge >= 0.3 is 0 Å². The lowest BCUT2D eigenvalue weighted by molar-refractivity contribution is -0.143. The van der Waals surface area contributed by atoms with Crippen LogP contribution in [-0.4, -0.2) is 70.3 Å². The smallest absolute Gasteiger partial charge is 0.269 e. The van der Waals surface area contributed by atoms with Gasteiger partial charge in [0.25, 0.3) is 5.91 Å². The molecule has 3 heterocycles. The maximum Gasteiger partial charge on any atom is 0.269 e. The summed E-state index contributed by atoms with van der Waals surface area (Å²) in [5, 5.41) is 2.43. The van der Waals surface area contributed by atoms with E-state index in [4.69, 9.17) is 11.6 Å². The molecule has 2 aromatic heterocycles. The van der Waals surface area contributed by atoms with E-state index in [-0.39, 0.29) is 41.1 Å². The lowest BCUT2D eigenvalue weighted by atomic mass is 9.98. The summed E-state index contributed by atoms with van der Waals surface area (Å²) < 4.78 is 27.7. The lowest BCUT2D eigenvalue weighted by Crippen LogP contribution is -2.58. The van der Waals surface area contributed by atoms with E-state index in [1.165, 1.54) is 35.9 Å². The van der Waals surface area contributed by atoms with Gasteiger partial charge in [-0.25, -0.2) is 14.4 Å². The largest absolute Gasteiger partial charge is 0.354 e. The molecule has 0 spiro atoms. The van der Waals surface area contributed by atoms with Gasteiger partial charge < -0.3 is 15.1 Å². The molecule has 0 unspecified atom stereocenters. The molecule has 0 bridgehead atoms. The quantitative estimate of drug-likeness (QED) is 0.527. The van der Waals surface area contributed by atoms with E-state index in [0.717, 1.165) is 12.1 Å². The normalized spacial score (nSPS) is 18.1. The molecule has 2 atom stereocenters. The van der Waals surface area contributed by atoms with Crippen LogP contribution in [0.4, 0.5) is 8.78 Å². The van der Waals surface area contributed by atoms with Crippen molar-refractivity contribution in [3.63, 3.8) is 0 Å². The molecule has 2 aromatic rings. The van der Waals surface area contributed by atoms with Crippen molar-refractivity contribution < 1.29 is 23.2 Å². The van der Waals surface area contributed by atoms with Crippen LogP contribution in [0.1, 0.15) is 29.0 Å². The highest BCUT2D eigenvalue weighted by molar-refractivity contribution is 6.29. The average Bonchev–Trinajstić information content (AvgIpc) is 2.81. The molecule has 1 aliphatic rings. The molecule has 1 aliphatic heterocycles. The molecule has 1 saturated heterocycles. The number of alkyl halides is 1. The second-order valence-electron chi connectivity index (χ2n) is 7.44. The number of pyridine rings is 2. The maximum atomic E-state index is 14.1. The molecule has 174 valence electrons. The summed E-state index contributed by atoms with van der Waals surface area (Å²) in [5.74, 6) is -2.23. The highest BCUT2D eigenvalue weighted by atomic mass is 35.5. The van der Waals surface area contributed by atoms with E-state index >= 15 is 0 Å². The number of halogens is 3. The van der Waals surface area contributed by atoms with E-state index in [1.54, 1.807) is 6.07 Å². The van der Waals surface area contributed by atoms with Crippen molar-refractivity contribution in [3.8, 4) is 11.3 Å². The molecule has 3 rings (SSSR count). The van der Waals surface area contributed by atoms with Crippen molar-refractivity contribution in [2.45, 2.75) is 19.0 Å². The van der Waals surface area contributed by atoms with Crippen molar-refractivity contribution >= 4 is 29.3 Å². The van der Waals surface area contributed by atoms with Crippen LogP contribution in [-0.2, 0) is 9.59 Å². The monoisotopic (exact) mass is 477 g/mol. The van der Waals surface area contributed by atoms with E-state index in [9.17, 15) is 23.2 Å². The van der Waals surface area contributed by atoms with Gasteiger partial charge in [0.15, 0.2) is 0 Å². The van der Waals surface area contributed by atoms with Crippen molar-refractivity contribution in [1.82, 2.24) is 25.1 Å². The Morgan fingerprint density at radius 3 is 2.55 bits per heavy atom. The van der Waals surface area contributed by atoms with Crippen LogP contribution in [0.5, 0.6) is 0 Å². The minimum absolute atomic E-state index is 0.00694. The van der Waals surface area contributed by atoms with Crippen LogP contribution in [0.15, 0.2) is 36.9 Å². The highest BCUT2D eigenvalue weighted by Gasteiger charge is 2.38. The molecule has 0 aromatic carbocycles. The van der Waals surface area contributed by atoms with E-state index in [2.05, 4.69) is 21.9 Å². The van der Waals surface area contributed by atoms with Gasteiger partial charge in [0.1, 0.15) is 17.5 Å². The van der Waals surface area contributed by atoms with Gasteiger partial charge in [-0.05, 0) is 29.8 Å². The number of carbonyl (C=O) groups excluding carboxylic acids is 3. The summed E-state index contributed by atoms with van der Waals surface area (Å²) in [5.41, 5.74) is 0.850. The number of piperazine rings is 1. The first-order chi connectivity index (χ1) is 15.7. The third-order valence-electron chi connectivity index (χ3n) is 5.39. The van der Waals surface area contributed by atoms with E-state index in [0.29, 0.717) is 5.56 Å². The third-order valence-corrected chi connectivity index (χ3v) is 5.58. The number of hydrogen-bond donors (Lipinski definition) is 1. The molecular formula is C22H22ClF2N5O3. The fourth-order valence-electron chi connectivity index (χ4n) is 3.79. The SMILES string of the molecule is C=CC(=O)N1C[C@H](c2cc(Cl)nc(-c3cc(F)nc(C(=O)NC)c3)c2)N(C(C)=O)C[C@H]1CF. The second kappa shape index (κ2) is 10.0. The number of nitrogens with zero attached hydrogens (tertiary/aromatic N) is 4. The minimum Gasteiger partial charge on any atom is -0.354 e. The first-order valence-corrected chi connectivity index (χ1v) is 10.4. The summed E-state index contributed by atoms with van der Waals surface area (Å²) >= 11 is 6.24. The Balaban J connectivity index is 2.08. The molecule has 3 amide bonds. The summed E-state index contributed by atoms with van der Waals surface area (Å²) in [7, 11) is 1.39. The maximum absolute atomic E-state index is 14.1. The van der Waals surface area contributed by atoms with Gasteiger partial charge in [0, 0.05) is 38.7 Å². The molecule has 1 N–H and O–H groups in total. The Labute approximate surface area is 194 Å². The van der Waals surface area contributed by atoms with Gasteiger partial charge in [-0.15, -0.1) is 0 Å². The first kappa shape index (κ1) is 24.2. The fraction of sp³-hybridized carbons (Fsp3) is 0.318. The molecule has 33 heavy (non-hydrogen) atoms. The molecule has 0 aliphatic carbocycles. The van der Waals surface area contributed by atoms with Gasteiger partial charge in [-0.1, -0.05) is 18.2 Å². The van der Waals surface area contributed by atoms with Crippen LogP contribution >= 0.6 is 11.6 Å². The molecule has 11 heteroatoms. The Kier molecular flexibility index (Phi) is 7.37. The number of rotatable bonds is 5. The zero-order valence-electron chi connectivity index (χ0n) is 18.0. The van der Waals surface area contributed by atoms with Crippen LogP contribution in [0, 0.1) is 5.95 Å². The summed E-state index contributed by atoms with van der Waals surface area (Å²) in [6.45, 7) is 3.98. The van der Waals surface area contributed by atoms with Crippen molar-refractivity contribution in [2.75, 3.05) is 26.8 Å². The summed E-state index contributed by atoms with van der Waals surface area (Å²) in [6.07, 6.45) is 1.09. The van der Waals surface area contributed by atoms with Gasteiger partial charge in [0.05, 0.1) is 17.8 Å². The van der Waals surface area contributed by atoms with E-state index < -0.39 is 36.5 Å². The van der Waals surface area contributed by atoms with Gasteiger partial charge in [-0.2, -0.15) is 4.39 Å². The number of hydrogen-bond acceptors (Lipinski definition) is 5. The topological polar surface area (TPSA) is 95.5 Å². The van der Waals surface area contributed by atoms with Crippen molar-refractivity contribution in [2.24, 2.45) is 0 Å².